The molecule has 8 atom stereocenters. The van der Waals surface area contributed by atoms with Crippen LogP contribution in [0.15, 0.2) is 11.1 Å². The Bertz CT molecular complexity index is 691. The third-order valence-corrected chi connectivity index (χ3v) is 11.7. The second-order valence-electron chi connectivity index (χ2n) is 13.5. The van der Waals surface area contributed by atoms with Gasteiger partial charge in [-0.15, -0.1) is 0 Å². The zero-order valence-electron chi connectivity index (χ0n) is 21.9. The van der Waals surface area contributed by atoms with Crippen LogP contribution in [0.25, 0.3) is 0 Å². The first kappa shape index (κ1) is 23.8. The summed E-state index contributed by atoms with van der Waals surface area (Å²) in [7, 11) is 0. The SMILES string of the molecule is CCC1(C)C(O)CC[C@@]2(C)C1CCC1=C3CC[C@H]([C@H](C)CCCC(C)C)[C@@]3(C)CC[C@@H]12. The highest BCUT2D eigenvalue weighted by Gasteiger charge is 2.60. The third kappa shape index (κ3) is 3.68. The Kier molecular flexibility index (Phi) is 6.53. The van der Waals surface area contributed by atoms with E-state index in [1.165, 1.54) is 64.2 Å². The molecule has 0 spiro atoms. The van der Waals surface area contributed by atoms with Gasteiger partial charge in [-0.1, -0.05) is 78.9 Å². The summed E-state index contributed by atoms with van der Waals surface area (Å²) >= 11 is 0. The van der Waals surface area contributed by atoms with Gasteiger partial charge in [-0.05, 0) is 104 Å². The molecule has 0 amide bonds. The lowest BCUT2D eigenvalue weighted by Crippen LogP contribution is -2.56. The summed E-state index contributed by atoms with van der Waals surface area (Å²) in [5, 5.41) is 11.0. The van der Waals surface area contributed by atoms with Crippen LogP contribution >= 0.6 is 0 Å². The van der Waals surface area contributed by atoms with E-state index in [9.17, 15) is 5.11 Å². The molecule has 0 aliphatic heterocycles. The van der Waals surface area contributed by atoms with Gasteiger partial charge in [0.15, 0.2) is 0 Å². The number of hydrogen-bond donors (Lipinski definition) is 1. The molecule has 0 aromatic carbocycles. The van der Waals surface area contributed by atoms with E-state index in [1.807, 2.05) is 11.1 Å². The fourth-order valence-electron chi connectivity index (χ4n) is 9.63. The quantitative estimate of drug-likeness (QED) is 0.420. The summed E-state index contributed by atoms with van der Waals surface area (Å²) < 4.78 is 0. The summed E-state index contributed by atoms with van der Waals surface area (Å²) in [5.74, 6) is 4.11. The number of aliphatic hydroxyl groups excluding tert-OH is 1. The molecule has 3 fully saturated rings. The molecule has 0 radical (unpaired) electrons. The van der Waals surface area contributed by atoms with Gasteiger partial charge < -0.3 is 5.11 Å². The van der Waals surface area contributed by atoms with Gasteiger partial charge in [0.05, 0.1) is 6.10 Å². The fourth-order valence-corrected chi connectivity index (χ4v) is 9.63. The van der Waals surface area contributed by atoms with Gasteiger partial charge in [0.2, 0.25) is 0 Å². The van der Waals surface area contributed by atoms with Crippen molar-refractivity contribution in [2.75, 3.05) is 0 Å². The zero-order chi connectivity index (χ0) is 22.6. The van der Waals surface area contributed by atoms with Crippen molar-refractivity contribution in [3.8, 4) is 0 Å². The highest BCUT2D eigenvalue weighted by Crippen LogP contribution is 2.68. The van der Waals surface area contributed by atoms with Gasteiger partial charge >= 0.3 is 0 Å². The Morgan fingerprint density at radius 1 is 0.935 bits per heavy atom. The van der Waals surface area contributed by atoms with E-state index >= 15 is 0 Å². The lowest BCUT2D eigenvalue weighted by atomic mass is 9.43. The number of fused-ring (bicyclic) bond motifs is 4. The van der Waals surface area contributed by atoms with E-state index in [4.69, 9.17) is 0 Å². The first-order valence-corrected chi connectivity index (χ1v) is 14.0. The predicted molar refractivity (Wildman–Crippen MR) is 133 cm³/mol. The summed E-state index contributed by atoms with van der Waals surface area (Å²) in [5.41, 5.74) is 4.85. The second-order valence-corrected chi connectivity index (χ2v) is 13.5. The van der Waals surface area contributed by atoms with E-state index < -0.39 is 0 Å². The number of hydrogen-bond acceptors (Lipinski definition) is 1. The smallest absolute Gasteiger partial charge is 0.0596 e. The van der Waals surface area contributed by atoms with Gasteiger partial charge in [0.1, 0.15) is 0 Å². The van der Waals surface area contributed by atoms with Crippen LogP contribution < -0.4 is 0 Å². The van der Waals surface area contributed by atoms with Crippen molar-refractivity contribution in [1.29, 1.82) is 0 Å². The van der Waals surface area contributed by atoms with E-state index in [0.717, 1.165) is 36.5 Å². The van der Waals surface area contributed by atoms with E-state index in [-0.39, 0.29) is 11.5 Å². The molecular weight excluding hydrogens is 376 g/mol. The standard InChI is InChI=1S/C30H52O/c1-8-28(5)26-15-12-22-24-14-13-23(21(4)11-9-10-20(2)3)29(24,6)18-16-25(22)30(26,7)19-17-27(28)31/h20-21,23,25-27,31H,8-19H2,1-7H3/t21-,23-,25+,26?,27?,28?,29-,30-/m1/s1. The number of allylic oxidation sites excluding steroid dienone is 2. The maximum absolute atomic E-state index is 11.0. The summed E-state index contributed by atoms with van der Waals surface area (Å²) in [4.78, 5) is 0. The van der Waals surface area contributed by atoms with Crippen LogP contribution in [0.4, 0.5) is 0 Å². The summed E-state index contributed by atoms with van der Waals surface area (Å²) in [6.07, 6.45) is 15.8. The minimum absolute atomic E-state index is 0.0961. The maximum atomic E-state index is 11.0. The molecule has 4 rings (SSSR count). The molecular formula is C30H52O. The first-order valence-electron chi connectivity index (χ1n) is 14.0. The van der Waals surface area contributed by atoms with Crippen molar-refractivity contribution < 1.29 is 5.11 Å². The Labute approximate surface area is 193 Å². The fraction of sp³-hybridized carbons (Fsp3) is 0.933. The molecule has 1 nitrogen and oxygen atoms in total. The van der Waals surface area contributed by atoms with Crippen molar-refractivity contribution in [2.45, 2.75) is 132 Å². The molecule has 1 N–H and O–H groups in total. The van der Waals surface area contributed by atoms with Crippen LogP contribution in [0, 0.1) is 45.8 Å². The largest absolute Gasteiger partial charge is 0.393 e. The lowest BCUT2D eigenvalue weighted by molar-refractivity contribution is -0.139. The average molecular weight is 429 g/mol. The van der Waals surface area contributed by atoms with Gasteiger partial charge in [0, 0.05) is 0 Å². The second kappa shape index (κ2) is 8.48. The van der Waals surface area contributed by atoms with Crippen molar-refractivity contribution in [3.63, 3.8) is 0 Å². The highest BCUT2D eigenvalue weighted by molar-refractivity contribution is 5.35. The molecule has 3 saturated carbocycles. The summed E-state index contributed by atoms with van der Waals surface area (Å²) in [6, 6.07) is 0. The summed E-state index contributed by atoms with van der Waals surface area (Å²) in [6.45, 7) is 17.3. The highest BCUT2D eigenvalue weighted by atomic mass is 16.3. The molecule has 31 heavy (non-hydrogen) atoms. The first-order chi connectivity index (χ1) is 14.6. The molecule has 0 aromatic heterocycles. The van der Waals surface area contributed by atoms with Crippen LogP contribution in [-0.2, 0) is 0 Å². The minimum Gasteiger partial charge on any atom is -0.393 e. The Morgan fingerprint density at radius 3 is 2.35 bits per heavy atom. The Balaban J connectivity index is 1.58. The molecule has 0 aromatic rings. The molecule has 3 unspecified atom stereocenters. The number of aliphatic hydroxyl groups is 1. The van der Waals surface area contributed by atoms with Crippen LogP contribution in [0.2, 0.25) is 0 Å². The predicted octanol–water partition coefficient (Wildman–Crippen LogP) is 8.56. The molecule has 0 saturated heterocycles. The van der Waals surface area contributed by atoms with Gasteiger partial charge in [0.25, 0.3) is 0 Å². The monoisotopic (exact) mass is 428 g/mol. The van der Waals surface area contributed by atoms with Crippen LogP contribution in [0.3, 0.4) is 0 Å². The number of rotatable bonds is 6. The van der Waals surface area contributed by atoms with E-state index in [1.54, 1.807) is 0 Å². The van der Waals surface area contributed by atoms with Crippen LogP contribution in [0.5, 0.6) is 0 Å². The normalized spacial score (nSPS) is 46.0. The average Bonchev–Trinajstić information content (AvgIpc) is 3.08. The molecule has 0 bridgehead atoms. The minimum atomic E-state index is -0.0961. The maximum Gasteiger partial charge on any atom is 0.0596 e. The van der Waals surface area contributed by atoms with Crippen molar-refractivity contribution >= 4 is 0 Å². The zero-order valence-corrected chi connectivity index (χ0v) is 21.9. The Hall–Kier alpha value is -0.300. The van der Waals surface area contributed by atoms with E-state index in [0.29, 0.717) is 16.7 Å². The van der Waals surface area contributed by atoms with E-state index in [2.05, 4.69) is 48.5 Å². The Morgan fingerprint density at radius 2 is 1.68 bits per heavy atom. The topological polar surface area (TPSA) is 20.2 Å². The van der Waals surface area contributed by atoms with Gasteiger partial charge in [-0.25, -0.2) is 0 Å². The molecule has 4 aliphatic rings. The van der Waals surface area contributed by atoms with Crippen molar-refractivity contribution in [2.24, 2.45) is 45.8 Å². The van der Waals surface area contributed by atoms with Crippen molar-refractivity contribution in [3.05, 3.63) is 11.1 Å². The third-order valence-electron chi connectivity index (χ3n) is 11.7. The molecule has 0 heterocycles. The van der Waals surface area contributed by atoms with Crippen LogP contribution in [-0.4, -0.2) is 11.2 Å². The molecule has 4 aliphatic carbocycles. The molecule has 1 heteroatoms. The molecule has 178 valence electrons. The van der Waals surface area contributed by atoms with Gasteiger partial charge in [-0.3, -0.25) is 0 Å². The van der Waals surface area contributed by atoms with Crippen molar-refractivity contribution in [1.82, 2.24) is 0 Å². The lowest BCUT2D eigenvalue weighted by Gasteiger charge is -2.62. The van der Waals surface area contributed by atoms with Gasteiger partial charge in [-0.2, -0.15) is 0 Å². The van der Waals surface area contributed by atoms with Crippen LogP contribution in [0.1, 0.15) is 126 Å².